The summed E-state index contributed by atoms with van der Waals surface area (Å²) in [5.41, 5.74) is 2.77. The van der Waals surface area contributed by atoms with Gasteiger partial charge in [0.2, 0.25) is 0 Å². The fourth-order valence-electron chi connectivity index (χ4n) is 2.13. The number of ether oxygens (including phenoxy) is 1. The minimum absolute atomic E-state index is 0.0514. The van der Waals surface area contributed by atoms with E-state index in [2.05, 4.69) is 10.3 Å². The third kappa shape index (κ3) is 2.75. The zero-order valence-electron chi connectivity index (χ0n) is 11.8. The molecule has 21 heavy (non-hydrogen) atoms. The minimum atomic E-state index is -0.0514. The average Bonchev–Trinajstić information content (AvgIpc) is 2.95. The lowest BCUT2D eigenvalue weighted by atomic mass is 10.2. The number of aryl methyl sites for hydroxylation is 1. The Balaban J connectivity index is 1.81. The van der Waals surface area contributed by atoms with E-state index in [0.717, 1.165) is 22.7 Å². The van der Waals surface area contributed by atoms with Crippen molar-refractivity contribution in [3.05, 3.63) is 57.5 Å². The molecular weight excluding hydrogens is 286 g/mol. The normalized spacial score (nSPS) is 10.8. The molecule has 108 valence electrons. The quantitative estimate of drug-likeness (QED) is 0.805. The van der Waals surface area contributed by atoms with E-state index < -0.39 is 0 Å². The van der Waals surface area contributed by atoms with Crippen LogP contribution in [0.2, 0.25) is 0 Å². The Morgan fingerprint density at radius 3 is 3.00 bits per heavy atom. The van der Waals surface area contributed by atoms with Gasteiger partial charge in [-0.05, 0) is 30.7 Å². The number of hydrogen-bond acceptors (Lipinski definition) is 5. The highest BCUT2D eigenvalue weighted by Gasteiger charge is 2.05. The Morgan fingerprint density at radius 2 is 2.24 bits per heavy atom. The van der Waals surface area contributed by atoms with Gasteiger partial charge in [-0.15, -0.1) is 11.3 Å². The molecule has 1 aromatic carbocycles. The van der Waals surface area contributed by atoms with Gasteiger partial charge in [-0.1, -0.05) is 0 Å². The van der Waals surface area contributed by atoms with Crippen LogP contribution in [0.3, 0.4) is 0 Å². The Labute approximate surface area is 125 Å². The highest BCUT2D eigenvalue weighted by molar-refractivity contribution is 7.15. The first kappa shape index (κ1) is 13.6. The van der Waals surface area contributed by atoms with Crippen molar-refractivity contribution < 1.29 is 4.74 Å². The Kier molecular flexibility index (Phi) is 3.62. The van der Waals surface area contributed by atoms with E-state index in [4.69, 9.17) is 4.74 Å². The van der Waals surface area contributed by atoms with Crippen LogP contribution in [0, 0.1) is 6.92 Å². The van der Waals surface area contributed by atoms with Gasteiger partial charge in [0.25, 0.3) is 5.56 Å². The summed E-state index contributed by atoms with van der Waals surface area (Å²) in [6.45, 7) is 2.52. The fourth-order valence-corrected chi connectivity index (χ4v) is 2.86. The molecule has 0 aliphatic heterocycles. The van der Waals surface area contributed by atoms with Gasteiger partial charge >= 0.3 is 0 Å². The molecule has 5 nitrogen and oxygen atoms in total. The molecule has 0 fully saturated rings. The summed E-state index contributed by atoms with van der Waals surface area (Å²) in [5.74, 6) is 0.828. The first-order chi connectivity index (χ1) is 10.2. The first-order valence-electron chi connectivity index (χ1n) is 6.51. The minimum Gasteiger partial charge on any atom is -0.497 e. The largest absolute Gasteiger partial charge is 0.497 e. The van der Waals surface area contributed by atoms with Crippen molar-refractivity contribution in [1.29, 1.82) is 0 Å². The maximum atomic E-state index is 11.9. The highest BCUT2D eigenvalue weighted by Crippen LogP contribution is 2.21. The third-order valence-electron chi connectivity index (χ3n) is 3.25. The van der Waals surface area contributed by atoms with Crippen LogP contribution in [0.15, 0.2) is 40.6 Å². The molecule has 3 aromatic rings. The number of benzene rings is 1. The van der Waals surface area contributed by atoms with Crippen LogP contribution in [0.4, 0.5) is 5.69 Å². The van der Waals surface area contributed by atoms with Gasteiger partial charge in [-0.2, -0.15) is 0 Å². The summed E-state index contributed by atoms with van der Waals surface area (Å²) in [6, 6.07) is 7.39. The fraction of sp³-hybridized carbons (Fsp3) is 0.200. The van der Waals surface area contributed by atoms with E-state index in [9.17, 15) is 4.79 Å². The van der Waals surface area contributed by atoms with E-state index in [0.29, 0.717) is 11.5 Å². The maximum Gasteiger partial charge on any atom is 0.258 e. The number of nitrogens with one attached hydrogen (secondary N) is 1. The van der Waals surface area contributed by atoms with Crippen LogP contribution >= 0.6 is 11.3 Å². The van der Waals surface area contributed by atoms with Crippen molar-refractivity contribution in [3.63, 3.8) is 0 Å². The number of aromatic nitrogens is 2. The van der Waals surface area contributed by atoms with Gasteiger partial charge in [0.05, 0.1) is 19.3 Å². The van der Waals surface area contributed by atoms with E-state index in [-0.39, 0.29) is 5.56 Å². The lowest BCUT2D eigenvalue weighted by molar-refractivity contribution is 0.414. The van der Waals surface area contributed by atoms with Gasteiger partial charge in [0.15, 0.2) is 4.96 Å². The molecule has 0 saturated carbocycles. The van der Waals surface area contributed by atoms with Crippen LogP contribution in [0.1, 0.15) is 11.3 Å². The smallest absolute Gasteiger partial charge is 0.258 e. The Hall–Kier alpha value is -2.34. The van der Waals surface area contributed by atoms with Crippen molar-refractivity contribution in [1.82, 2.24) is 9.38 Å². The Morgan fingerprint density at radius 1 is 1.38 bits per heavy atom. The number of hydrogen-bond donors (Lipinski definition) is 1. The van der Waals surface area contributed by atoms with Crippen molar-refractivity contribution in [2.75, 3.05) is 12.4 Å². The van der Waals surface area contributed by atoms with Crippen LogP contribution < -0.4 is 15.6 Å². The van der Waals surface area contributed by atoms with Crippen molar-refractivity contribution in [3.8, 4) is 5.75 Å². The molecule has 6 heteroatoms. The summed E-state index contributed by atoms with van der Waals surface area (Å²) < 4.78 is 6.73. The van der Waals surface area contributed by atoms with E-state index in [1.165, 1.54) is 11.3 Å². The second kappa shape index (κ2) is 5.57. The molecule has 0 unspecified atom stereocenters. The van der Waals surface area contributed by atoms with Gasteiger partial charge in [0, 0.05) is 23.3 Å². The van der Waals surface area contributed by atoms with Gasteiger partial charge in [-0.3, -0.25) is 9.20 Å². The number of fused-ring (bicyclic) bond motifs is 1. The highest BCUT2D eigenvalue weighted by atomic mass is 32.1. The molecular formula is C15H15N3O2S. The van der Waals surface area contributed by atoms with E-state index in [1.54, 1.807) is 23.8 Å². The van der Waals surface area contributed by atoms with Gasteiger partial charge in [-0.25, -0.2) is 4.98 Å². The summed E-state index contributed by atoms with van der Waals surface area (Å²) in [5, 5.41) is 5.16. The third-order valence-corrected chi connectivity index (χ3v) is 4.01. The van der Waals surface area contributed by atoms with Crippen molar-refractivity contribution >= 4 is 22.0 Å². The van der Waals surface area contributed by atoms with Crippen LogP contribution in [-0.2, 0) is 6.54 Å². The molecule has 0 saturated heterocycles. The lowest BCUT2D eigenvalue weighted by Crippen LogP contribution is -2.14. The number of rotatable bonds is 4. The summed E-state index contributed by atoms with van der Waals surface area (Å²) in [4.78, 5) is 17.1. The molecule has 0 atom stereocenters. The van der Waals surface area contributed by atoms with Crippen molar-refractivity contribution in [2.24, 2.45) is 0 Å². The molecule has 0 aliphatic carbocycles. The molecule has 0 bridgehead atoms. The molecule has 2 heterocycles. The lowest BCUT2D eigenvalue weighted by Gasteiger charge is -2.10. The molecule has 0 aliphatic rings. The number of thiazole rings is 1. The van der Waals surface area contributed by atoms with Gasteiger partial charge in [0.1, 0.15) is 5.75 Å². The number of anilines is 1. The maximum absolute atomic E-state index is 11.9. The number of methoxy groups -OCH3 is 1. The second-order valence-electron chi connectivity index (χ2n) is 4.68. The van der Waals surface area contributed by atoms with Crippen molar-refractivity contribution in [2.45, 2.75) is 13.5 Å². The average molecular weight is 301 g/mol. The van der Waals surface area contributed by atoms with E-state index in [1.807, 2.05) is 30.5 Å². The SMILES string of the molecule is COc1ccc(NCc2cc(=O)n3ccsc3n2)c(C)c1. The zero-order chi connectivity index (χ0) is 14.8. The van der Waals surface area contributed by atoms with Crippen LogP contribution in [0.25, 0.3) is 4.96 Å². The molecule has 3 rings (SSSR count). The number of nitrogens with zero attached hydrogens (tertiary/aromatic N) is 2. The second-order valence-corrected chi connectivity index (χ2v) is 5.55. The monoisotopic (exact) mass is 301 g/mol. The predicted molar refractivity (Wildman–Crippen MR) is 84.4 cm³/mol. The molecule has 1 N–H and O–H groups in total. The van der Waals surface area contributed by atoms with Crippen LogP contribution in [0.5, 0.6) is 5.75 Å². The topological polar surface area (TPSA) is 55.6 Å². The molecule has 0 spiro atoms. The first-order valence-corrected chi connectivity index (χ1v) is 7.39. The molecule has 0 radical (unpaired) electrons. The summed E-state index contributed by atoms with van der Waals surface area (Å²) >= 11 is 1.45. The van der Waals surface area contributed by atoms with Crippen LogP contribution in [-0.4, -0.2) is 16.5 Å². The zero-order valence-corrected chi connectivity index (χ0v) is 12.6. The predicted octanol–water partition coefficient (Wildman–Crippen LogP) is 2.69. The molecule has 2 aromatic heterocycles. The van der Waals surface area contributed by atoms with E-state index >= 15 is 0 Å². The summed E-state index contributed by atoms with van der Waals surface area (Å²) in [7, 11) is 1.65. The Bertz CT molecular complexity index is 838. The summed E-state index contributed by atoms with van der Waals surface area (Å²) in [6.07, 6.45) is 1.74. The molecule has 0 amide bonds. The standard InChI is InChI=1S/C15H15N3O2S/c1-10-7-12(20-2)3-4-13(10)16-9-11-8-14(19)18-5-6-21-15(18)17-11/h3-8,16H,9H2,1-2H3. The van der Waals surface area contributed by atoms with Gasteiger partial charge < -0.3 is 10.1 Å².